The summed E-state index contributed by atoms with van der Waals surface area (Å²) in [6.07, 6.45) is -3.39. The van der Waals surface area contributed by atoms with E-state index < -0.39 is 11.7 Å². The average Bonchev–Trinajstić information content (AvgIpc) is 2.77. The molecule has 0 aliphatic heterocycles. The fourth-order valence-electron chi connectivity index (χ4n) is 1.63. The summed E-state index contributed by atoms with van der Waals surface area (Å²) in [6.45, 7) is 1.40. The Morgan fingerprint density at radius 1 is 1.43 bits per heavy atom. The predicted molar refractivity (Wildman–Crippen MR) is 75.7 cm³/mol. The molecule has 0 bridgehead atoms. The molecule has 0 saturated carbocycles. The molecule has 0 aliphatic carbocycles. The monoisotopic (exact) mass is 334 g/mol. The maximum atomic E-state index is 12.5. The molecule has 8 heteroatoms. The standard InChI is InChI=1S/C13H10ClF3N2OS/c1-7(20)19-12-3-2-9(21-12)5-11-10(14)4-8(6-18-11)13(15,16)17/h2-4,6H,5H2,1H3,(H,19,20). The van der Waals surface area contributed by atoms with Gasteiger partial charge in [-0.15, -0.1) is 11.3 Å². The van der Waals surface area contributed by atoms with Crippen LogP contribution in [0, 0.1) is 0 Å². The molecule has 0 aliphatic rings. The quantitative estimate of drug-likeness (QED) is 0.906. The minimum Gasteiger partial charge on any atom is -0.318 e. The van der Waals surface area contributed by atoms with Gasteiger partial charge in [0.05, 0.1) is 21.3 Å². The first-order valence-electron chi connectivity index (χ1n) is 5.83. The van der Waals surface area contributed by atoms with Gasteiger partial charge in [-0.3, -0.25) is 9.78 Å². The maximum absolute atomic E-state index is 12.5. The molecule has 0 fully saturated rings. The van der Waals surface area contributed by atoms with E-state index in [2.05, 4.69) is 10.3 Å². The van der Waals surface area contributed by atoms with Crippen LogP contribution >= 0.6 is 22.9 Å². The number of rotatable bonds is 3. The van der Waals surface area contributed by atoms with Gasteiger partial charge in [0.2, 0.25) is 5.91 Å². The van der Waals surface area contributed by atoms with Gasteiger partial charge in [0.1, 0.15) is 0 Å². The first kappa shape index (κ1) is 15.8. The zero-order valence-electron chi connectivity index (χ0n) is 10.8. The van der Waals surface area contributed by atoms with Gasteiger partial charge in [-0.2, -0.15) is 13.2 Å². The zero-order chi connectivity index (χ0) is 15.6. The highest BCUT2D eigenvalue weighted by Crippen LogP contribution is 2.32. The summed E-state index contributed by atoms with van der Waals surface area (Å²) in [5, 5.41) is 3.27. The smallest absolute Gasteiger partial charge is 0.318 e. The van der Waals surface area contributed by atoms with Crippen molar-refractivity contribution < 1.29 is 18.0 Å². The van der Waals surface area contributed by atoms with E-state index in [4.69, 9.17) is 11.6 Å². The molecule has 2 heterocycles. The van der Waals surface area contributed by atoms with Gasteiger partial charge < -0.3 is 5.32 Å². The van der Waals surface area contributed by atoms with Gasteiger partial charge in [0.25, 0.3) is 0 Å². The van der Waals surface area contributed by atoms with Crippen LogP contribution in [0.15, 0.2) is 24.4 Å². The van der Waals surface area contributed by atoms with Crippen LogP contribution in [0.5, 0.6) is 0 Å². The number of nitrogens with zero attached hydrogens (tertiary/aromatic N) is 1. The minimum absolute atomic E-state index is 0.0284. The Labute approximate surface area is 127 Å². The van der Waals surface area contributed by atoms with Crippen LogP contribution in [-0.2, 0) is 17.4 Å². The van der Waals surface area contributed by atoms with Crippen molar-refractivity contribution in [3.8, 4) is 0 Å². The van der Waals surface area contributed by atoms with E-state index in [1.165, 1.54) is 18.3 Å². The average molecular weight is 335 g/mol. The van der Waals surface area contributed by atoms with Crippen LogP contribution in [0.4, 0.5) is 18.2 Å². The van der Waals surface area contributed by atoms with Crippen molar-refractivity contribution in [1.82, 2.24) is 4.98 Å². The molecule has 2 aromatic heterocycles. The number of nitrogens with one attached hydrogen (secondary N) is 1. The van der Waals surface area contributed by atoms with E-state index in [9.17, 15) is 18.0 Å². The Bertz CT molecular complexity index is 670. The Hall–Kier alpha value is -1.60. The van der Waals surface area contributed by atoms with Gasteiger partial charge in [0, 0.05) is 24.4 Å². The molecule has 2 rings (SSSR count). The third kappa shape index (κ3) is 4.18. The minimum atomic E-state index is -4.46. The lowest BCUT2D eigenvalue weighted by atomic mass is 10.2. The number of anilines is 1. The van der Waals surface area contributed by atoms with Crippen LogP contribution in [0.2, 0.25) is 5.02 Å². The van der Waals surface area contributed by atoms with Crippen molar-refractivity contribution in [2.45, 2.75) is 19.5 Å². The summed E-state index contributed by atoms with van der Waals surface area (Å²) in [5.74, 6) is -0.186. The molecule has 112 valence electrons. The predicted octanol–water partition coefficient (Wildman–Crippen LogP) is 4.36. The van der Waals surface area contributed by atoms with E-state index in [1.807, 2.05) is 0 Å². The molecule has 21 heavy (non-hydrogen) atoms. The number of carbonyl (C=O) groups excluding carboxylic acids is 1. The molecule has 0 atom stereocenters. The number of pyridine rings is 1. The largest absolute Gasteiger partial charge is 0.417 e. The highest BCUT2D eigenvalue weighted by molar-refractivity contribution is 7.16. The van der Waals surface area contributed by atoms with E-state index in [-0.39, 0.29) is 10.9 Å². The Kier molecular flexibility index (Phi) is 4.53. The molecule has 0 unspecified atom stereocenters. The van der Waals surface area contributed by atoms with Crippen LogP contribution in [-0.4, -0.2) is 10.9 Å². The number of hydrogen-bond acceptors (Lipinski definition) is 3. The molecule has 0 spiro atoms. The first-order valence-corrected chi connectivity index (χ1v) is 7.03. The second kappa shape index (κ2) is 6.03. The molecule has 1 N–H and O–H groups in total. The summed E-state index contributed by atoms with van der Waals surface area (Å²) in [6, 6.07) is 4.36. The van der Waals surface area contributed by atoms with Crippen molar-refractivity contribution in [3.63, 3.8) is 0 Å². The Morgan fingerprint density at radius 2 is 2.14 bits per heavy atom. The third-order valence-corrected chi connectivity index (χ3v) is 3.88. The number of alkyl halides is 3. The van der Waals surface area contributed by atoms with E-state index >= 15 is 0 Å². The lowest BCUT2D eigenvalue weighted by Gasteiger charge is -2.08. The van der Waals surface area contributed by atoms with Gasteiger partial charge in [0.15, 0.2) is 0 Å². The van der Waals surface area contributed by atoms with Gasteiger partial charge >= 0.3 is 6.18 Å². The molecule has 1 amide bonds. The lowest BCUT2D eigenvalue weighted by molar-refractivity contribution is -0.137. The fraction of sp³-hybridized carbons (Fsp3) is 0.231. The summed E-state index contributed by atoms with van der Waals surface area (Å²) in [5.41, 5.74) is -0.512. The number of amides is 1. The molecule has 2 aromatic rings. The Morgan fingerprint density at radius 3 is 2.71 bits per heavy atom. The maximum Gasteiger partial charge on any atom is 0.417 e. The fourth-order valence-corrected chi connectivity index (χ4v) is 2.82. The van der Waals surface area contributed by atoms with Crippen LogP contribution in [0.1, 0.15) is 23.1 Å². The summed E-state index contributed by atoms with van der Waals surface area (Å²) in [7, 11) is 0. The number of hydrogen-bond donors (Lipinski definition) is 1. The zero-order valence-corrected chi connectivity index (χ0v) is 12.4. The van der Waals surface area contributed by atoms with Crippen LogP contribution in [0.25, 0.3) is 0 Å². The molecule has 0 aromatic carbocycles. The van der Waals surface area contributed by atoms with E-state index in [1.54, 1.807) is 12.1 Å². The Balaban J connectivity index is 2.16. The van der Waals surface area contributed by atoms with Crippen LogP contribution < -0.4 is 5.32 Å². The number of carbonyl (C=O) groups is 1. The van der Waals surface area contributed by atoms with Gasteiger partial charge in [-0.25, -0.2) is 0 Å². The van der Waals surface area contributed by atoms with Crippen molar-refractivity contribution in [3.05, 3.63) is 45.6 Å². The second-order valence-electron chi connectivity index (χ2n) is 4.27. The van der Waals surface area contributed by atoms with Crippen molar-refractivity contribution in [2.24, 2.45) is 0 Å². The highest BCUT2D eigenvalue weighted by Gasteiger charge is 2.31. The number of thiophene rings is 1. The normalized spacial score (nSPS) is 11.5. The molecule has 0 saturated heterocycles. The molecule has 0 radical (unpaired) electrons. The topological polar surface area (TPSA) is 42.0 Å². The van der Waals surface area contributed by atoms with E-state index in [0.29, 0.717) is 17.1 Å². The number of halogens is 4. The number of aromatic nitrogens is 1. The summed E-state index contributed by atoms with van der Waals surface area (Å²) >= 11 is 7.17. The van der Waals surface area contributed by atoms with E-state index in [0.717, 1.165) is 17.1 Å². The molecular formula is C13H10ClF3N2OS. The second-order valence-corrected chi connectivity index (χ2v) is 5.85. The highest BCUT2D eigenvalue weighted by atomic mass is 35.5. The summed E-state index contributed by atoms with van der Waals surface area (Å²) in [4.78, 5) is 15.5. The molecule has 3 nitrogen and oxygen atoms in total. The van der Waals surface area contributed by atoms with Gasteiger partial charge in [-0.1, -0.05) is 11.6 Å². The van der Waals surface area contributed by atoms with Crippen molar-refractivity contribution in [2.75, 3.05) is 5.32 Å². The van der Waals surface area contributed by atoms with Crippen molar-refractivity contribution >= 4 is 33.8 Å². The molecular weight excluding hydrogens is 325 g/mol. The van der Waals surface area contributed by atoms with Crippen LogP contribution in [0.3, 0.4) is 0 Å². The van der Waals surface area contributed by atoms with Crippen molar-refractivity contribution in [1.29, 1.82) is 0 Å². The first-order chi connectivity index (χ1) is 9.75. The summed E-state index contributed by atoms with van der Waals surface area (Å²) < 4.78 is 37.5. The lowest BCUT2D eigenvalue weighted by Crippen LogP contribution is -2.06. The third-order valence-electron chi connectivity index (χ3n) is 2.55. The van der Waals surface area contributed by atoms with Gasteiger partial charge in [-0.05, 0) is 18.2 Å². The SMILES string of the molecule is CC(=O)Nc1ccc(Cc2ncc(C(F)(F)F)cc2Cl)s1.